The molecule has 43 heavy (non-hydrogen) atoms. The highest BCUT2D eigenvalue weighted by Gasteiger charge is 2.31. The molecule has 2 aliphatic heterocycles. The molecule has 0 atom stereocenters. The Kier molecular flexibility index (Phi) is 6.73. The number of amides is 1. The highest BCUT2D eigenvalue weighted by molar-refractivity contribution is 6.03. The first kappa shape index (κ1) is 27.0. The Morgan fingerprint density at radius 3 is 2.60 bits per heavy atom. The summed E-state index contributed by atoms with van der Waals surface area (Å²) in [5.74, 6) is 1.81. The van der Waals surface area contributed by atoms with E-state index < -0.39 is 6.10 Å². The number of aliphatic hydroxyl groups is 1. The third-order valence-corrected chi connectivity index (χ3v) is 8.47. The molecule has 7 rings (SSSR count). The standard InChI is InChI=1S/C30H32N8O5/c1-42-23-7-3-5-20(26(23)43-2)21-15-37(29-25(21)28(32-17-33-29)36-13-19(39)14-36)16-24(40)35-11-8-18(9-12-35)38-22-6-4-10-31-27(22)34-30(38)41/h3-7,10,15,17-19,39H,8-9,11-14,16H2,1-2H3,(H,31,34,41). The van der Waals surface area contributed by atoms with Crippen molar-refractivity contribution < 1.29 is 19.4 Å². The number of carbonyl (C=O) groups is 1. The Morgan fingerprint density at radius 2 is 1.86 bits per heavy atom. The average Bonchev–Trinajstić information content (AvgIpc) is 3.55. The lowest BCUT2D eigenvalue weighted by atomic mass is 10.0. The van der Waals surface area contributed by atoms with E-state index in [0.29, 0.717) is 67.6 Å². The Labute approximate surface area is 246 Å². The van der Waals surface area contributed by atoms with Crippen LogP contribution in [0.1, 0.15) is 18.9 Å². The fourth-order valence-corrected chi connectivity index (χ4v) is 6.34. The van der Waals surface area contributed by atoms with Crippen molar-refractivity contribution in [2.24, 2.45) is 0 Å². The van der Waals surface area contributed by atoms with Gasteiger partial charge in [0.2, 0.25) is 5.91 Å². The number of ether oxygens (including phenoxy) is 2. The molecular formula is C30H32N8O5. The summed E-state index contributed by atoms with van der Waals surface area (Å²) >= 11 is 0. The number of nitrogens with one attached hydrogen (secondary N) is 1. The fraction of sp³-hybridized carbons (Fsp3) is 0.367. The van der Waals surface area contributed by atoms with Gasteiger partial charge >= 0.3 is 5.69 Å². The zero-order valence-electron chi connectivity index (χ0n) is 23.9. The topological polar surface area (TPSA) is 144 Å². The zero-order valence-corrected chi connectivity index (χ0v) is 23.9. The summed E-state index contributed by atoms with van der Waals surface area (Å²) in [6.45, 7) is 2.09. The van der Waals surface area contributed by atoms with Crippen molar-refractivity contribution >= 4 is 33.9 Å². The van der Waals surface area contributed by atoms with E-state index in [4.69, 9.17) is 9.47 Å². The first-order valence-corrected chi connectivity index (χ1v) is 14.3. The number of methoxy groups -OCH3 is 2. The number of carbonyl (C=O) groups excluding carboxylic acids is 1. The van der Waals surface area contributed by atoms with E-state index in [2.05, 4.69) is 19.9 Å². The number of hydrogen-bond donors (Lipinski definition) is 2. The van der Waals surface area contributed by atoms with Gasteiger partial charge in [0.25, 0.3) is 0 Å². The molecule has 0 bridgehead atoms. The number of para-hydroxylation sites is 1. The molecular weight excluding hydrogens is 552 g/mol. The van der Waals surface area contributed by atoms with Gasteiger partial charge in [-0.05, 0) is 31.0 Å². The number of H-pyrrole nitrogens is 1. The maximum atomic E-state index is 13.7. The fourth-order valence-electron chi connectivity index (χ4n) is 6.34. The number of imidazole rings is 1. The number of pyridine rings is 1. The SMILES string of the molecule is COc1cccc(-c2cn(CC(=O)N3CCC(n4c(=O)[nH]c5ncccc54)CC3)c3ncnc(N4CC(O)C4)c23)c1OC. The van der Waals surface area contributed by atoms with Gasteiger partial charge in [-0.25, -0.2) is 19.7 Å². The van der Waals surface area contributed by atoms with Gasteiger partial charge in [0.15, 0.2) is 17.1 Å². The Balaban J connectivity index is 1.19. The van der Waals surface area contributed by atoms with E-state index in [1.165, 1.54) is 6.33 Å². The van der Waals surface area contributed by atoms with Gasteiger partial charge < -0.3 is 28.9 Å². The number of piperidine rings is 1. The van der Waals surface area contributed by atoms with Crippen LogP contribution in [0.5, 0.6) is 11.5 Å². The van der Waals surface area contributed by atoms with Gasteiger partial charge in [-0.2, -0.15) is 0 Å². The maximum absolute atomic E-state index is 13.7. The first-order chi connectivity index (χ1) is 21.0. The van der Waals surface area contributed by atoms with Crippen LogP contribution in [-0.4, -0.2) is 91.5 Å². The molecule has 1 amide bonds. The van der Waals surface area contributed by atoms with E-state index in [0.717, 1.165) is 22.0 Å². The van der Waals surface area contributed by atoms with E-state index in [9.17, 15) is 14.7 Å². The van der Waals surface area contributed by atoms with Crippen LogP contribution in [0.4, 0.5) is 5.82 Å². The van der Waals surface area contributed by atoms with Crippen molar-refractivity contribution in [1.82, 2.24) is 34.0 Å². The molecule has 2 aliphatic rings. The number of β-amino-alcohol motifs (C(OH)–C–C–N with tert-alkyl or cyclic N) is 1. The third kappa shape index (κ3) is 4.56. The Bertz CT molecular complexity index is 1880. The second-order valence-corrected chi connectivity index (χ2v) is 10.9. The van der Waals surface area contributed by atoms with E-state index in [-0.39, 0.29) is 24.2 Å². The first-order valence-electron chi connectivity index (χ1n) is 14.3. The van der Waals surface area contributed by atoms with Gasteiger partial charge in [0.1, 0.15) is 24.3 Å². The van der Waals surface area contributed by atoms with Crippen molar-refractivity contribution in [2.45, 2.75) is 31.5 Å². The maximum Gasteiger partial charge on any atom is 0.327 e. The van der Waals surface area contributed by atoms with E-state index >= 15 is 0 Å². The summed E-state index contributed by atoms with van der Waals surface area (Å²) in [6, 6.07) is 9.36. The molecule has 6 heterocycles. The number of aliphatic hydroxyl groups excluding tert-OH is 1. The van der Waals surface area contributed by atoms with E-state index in [1.807, 2.05) is 50.9 Å². The molecule has 2 N–H and O–H groups in total. The largest absolute Gasteiger partial charge is 0.493 e. The number of likely N-dealkylation sites (tertiary alicyclic amines) is 1. The second-order valence-electron chi connectivity index (χ2n) is 10.9. The molecule has 1 aromatic carbocycles. The van der Waals surface area contributed by atoms with E-state index in [1.54, 1.807) is 25.0 Å². The predicted octanol–water partition coefficient (Wildman–Crippen LogP) is 2.20. The molecule has 2 saturated heterocycles. The summed E-state index contributed by atoms with van der Waals surface area (Å²) in [5, 5.41) is 10.8. The normalized spacial score (nSPS) is 16.2. The van der Waals surface area contributed by atoms with Gasteiger partial charge in [0, 0.05) is 55.7 Å². The molecule has 5 aromatic rings. The monoisotopic (exact) mass is 584 g/mol. The van der Waals surface area contributed by atoms with Crippen LogP contribution < -0.4 is 20.1 Å². The molecule has 0 unspecified atom stereocenters. The van der Waals surface area contributed by atoms with Crippen molar-refractivity contribution in [2.75, 3.05) is 45.3 Å². The van der Waals surface area contributed by atoms with Crippen LogP contribution >= 0.6 is 0 Å². The third-order valence-electron chi connectivity index (χ3n) is 8.47. The summed E-state index contributed by atoms with van der Waals surface area (Å²) in [7, 11) is 3.19. The lowest BCUT2D eigenvalue weighted by Crippen LogP contribution is -2.51. The smallest absolute Gasteiger partial charge is 0.327 e. The summed E-state index contributed by atoms with van der Waals surface area (Å²) in [4.78, 5) is 46.5. The molecule has 0 aliphatic carbocycles. The average molecular weight is 585 g/mol. The minimum Gasteiger partial charge on any atom is -0.493 e. The van der Waals surface area contributed by atoms with Crippen LogP contribution in [0.15, 0.2) is 53.8 Å². The Morgan fingerprint density at radius 1 is 1.05 bits per heavy atom. The summed E-state index contributed by atoms with van der Waals surface area (Å²) in [6.07, 6.45) is 5.98. The van der Waals surface area contributed by atoms with Crippen molar-refractivity contribution in [3.63, 3.8) is 0 Å². The molecule has 222 valence electrons. The predicted molar refractivity (Wildman–Crippen MR) is 159 cm³/mol. The van der Waals surface area contributed by atoms with Crippen molar-refractivity contribution in [3.8, 4) is 22.6 Å². The zero-order chi connectivity index (χ0) is 29.7. The summed E-state index contributed by atoms with van der Waals surface area (Å²) in [5.41, 5.74) is 3.39. The van der Waals surface area contributed by atoms with Crippen LogP contribution in [0, 0.1) is 0 Å². The number of anilines is 1. The van der Waals surface area contributed by atoms with Gasteiger partial charge in [-0.1, -0.05) is 12.1 Å². The van der Waals surface area contributed by atoms with Crippen LogP contribution in [-0.2, 0) is 11.3 Å². The number of hydrogen-bond acceptors (Lipinski definition) is 9. The molecule has 13 nitrogen and oxygen atoms in total. The molecule has 0 radical (unpaired) electrons. The molecule has 0 spiro atoms. The lowest BCUT2D eigenvalue weighted by molar-refractivity contribution is -0.133. The number of fused-ring (bicyclic) bond motifs is 2. The van der Waals surface area contributed by atoms with Crippen LogP contribution in [0.3, 0.4) is 0 Å². The number of aromatic amines is 1. The van der Waals surface area contributed by atoms with Gasteiger partial charge in [-0.3, -0.25) is 14.3 Å². The highest BCUT2D eigenvalue weighted by atomic mass is 16.5. The second kappa shape index (κ2) is 10.7. The molecule has 0 saturated carbocycles. The lowest BCUT2D eigenvalue weighted by Gasteiger charge is -2.37. The Hall–Kier alpha value is -4.91. The number of nitrogens with zero attached hydrogens (tertiary/aromatic N) is 7. The minimum atomic E-state index is -0.414. The quantitative estimate of drug-likeness (QED) is 0.294. The summed E-state index contributed by atoms with van der Waals surface area (Å²) < 4.78 is 14.9. The van der Waals surface area contributed by atoms with Gasteiger partial charge in [0.05, 0.1) is 31.2 Å². The number of aromatic nitrogens is 6. The number of benzene rings is 1. The molecule has 13 heteroatoms. The molecule has 4 aromatic heterocycles. The van der Waals surface area contributed by atoms with Gasteiger partial charge in [-0.15, -0.1) is 0 Å². The van der Waals surface area contributed by atoms with Crippen molar-refractivity contribution in [1.29, 1.82) is 0 Å². The highest BCUT2D eigenvalue weighted by Crippen LogP contribution is 2.43. The van der Waals surface area contributed by atoms with Crippen LogP contribution in [0.2, 0.25) is 0 Å². The minimum absolute atomic E-state index is 0.0174. The number of rotatable bonds is 7. The van der Waals surface area contributed by atoms with Crippen molar-refractivity contribution in [3.05, 3.63) is 59.5 Å². The van der Waals surface area contributed by atoms with Crippen LogP contribution in [0.25, 0.3) is 33.3 Å². The molecule has 2 fully saturated rings.